The van der Waals surface area contributed by atoms with E-state index >= 15 is 0 Å². The summed E-state index contributed by atoms with van der Waals surface area (Å²) in [5.41, 5.74) is 4.32. The lowest BCUT2D eigenvalue weighted by atomic mass is 9.74. The average molecular weight is 443 g/mol. The van der Waals surface area contributed by atoms with Crippen molar-refractivity contribution in [3.8, 4) is 11.1 Å². The normalized spacial score (nSPS) is 23.1. The predicted octanol–water partition coefficient (Wildman–Crippen LogP) is 4.21. The van der Waals surface area contributed by atoms with Crippen LogP contribution in [0.2, 0.25) is 0 Å². The van der Waals surface area contributed by atoms with Crippen LogP contribution in [0.15, 0.2) is 79.1 Å². The number of carbonyl (C=O) groups is 1. The van der Waals surface area contributed by atoms with Crippen LogP contribution in [0.3, 0.4) is 0 Å². The molecule has 2 aliphatic heterocycles. The number of rotatable bonds is 4. The number of aromatic nitrogens is 1. The number of aliphatic hydroxyl groups is 1. The largest absolute Gasteiger partial charge is 0.395 e. The third-order valence-electron chi connectivity index (χ3n) is 6.99. The first kappa shape index (κ1) is 21.6. The van der Waals surface area contributed by atoms with E-state index in [1.165, 1.54) is 5.56 Å². The average Bonchev–Trinajstić information content (AvgIpc) is 2.84. The molecule has 6 nitrogen and oxygen atoms in total. The molecule has 2 saturated heterocycles. The SMILES string of the molecule is O=C(Nc1ccccc1)N1CCCCN2[C@@H](CO)[C@@H](c3ccc(-c4ccncc4)cc3)[C@@H]2C1. The lowest BCUT2D eigenvalue weighted by Crippen LogP contribution is -2.68. The summed E-state index contributed by atoms with van der Waals surface area (Å²) >= 11 is 0. The van der Waals surface area contributed by atoms with Gasteiger partial charge in [0.15, 0.2) is 0 Å². The van der Waals surface area contributed by atoms with Gasteiger partial charge in [-0.15, -0.1) is 0 Å². The number of hydrogen-bond donors (Lipinski definition) is 2. The van der Waals surface area contributed by atoms with Crippen molar-refractivity contribution in [2.75, 3.05) is 31.6 Å². The van der Waals surface area contributed by atoms with Crippen molar-refractivity contribution in [3.05, 3.63) is 84.7 Å². The quantitative estimate of drug-likeness (QED) is 0.635. The van der Waals surface area contributed by atoms with Gasteiger partial charge < -0.3 is 15.3 Å². The zero-order valence-electron chi connectivity index (χ0n) is 18.7. The molecule has 0 unspecified atom stereocenters. The van der Waals surface area contributed by atoms with Gasteiger partial charge in [-0.2, -0.15) is 0 Å². The molecule has 6 heteroatoms. The van der Waals surface area contributed by atoms with Crippen LogP contribution >= 0.6 is 0 Å². The van der Waals surface area contributed by atoms with Crippen LogP contribution in [0.5, 0.6) is 0 Å². The van der Waals surface area contributed by atoms with Crippen LogP contribution in [0, 0.1) is 0 Å². The van der Waals surface area contributed by atoms with Crippen molar-refractivity contribution in [2.45, 2.75) is 30.8 Å². The van der Waals surface area contributed by atoms with Gasteiger partial charge in [0.2, 0.25) is 0 Å². The van der Waals surface area contributed by atoms with E-state index in [0.717, 1.165) is 42.7 Å². The summed E-state index contributed by atoms with van der Waals surface area (Å²) in [5, 5.41) is 13.2. The maximum atomic E-state index is 13.0. The summed E-state index contributed by atoms with van der Waals surface area (Å²) < 4.78 is 0. The second-order valence-electron chi connectivity index (χ2n) is 8.89. The molecule has 0 radical (unpaired) electrons. The van der Waals surface area contributed by atoms with Gasteiger partial charge in [0.05, 0.1) is 6.61 Å². The van der Waals surface area contributed by atoms with Gasteiger partial charge in [0, 0.05) is 49.2 Å². The van der Waals surface area contributed by atoms with Crippen molar-refractivity contribution in [1.82, 2.24) is 14.8 Å². The summed E-state index contributed by atoms with van der Waals surface area (Å²) in [6, 6.07) is 22.5. The number of urea groups is 1. The molecule has 170 valence electrons. The van der Waals surface area contributed by atoms with Gasteiger partial charge in [-0.3, -0.25) is 9.88 Å². The van der Waals surface area contributed by atoms with Crippen LogP contribution in [0.25, 0.3) is 11.1 Å². The zero-order chi connectivity index (χ0) is 22.6. The Hall–Kier alpha value is -3.22. The van der Waals surface area contributed by atoms with Gasteiger partial charge in [-0.05, 0) is 60.3 Å². The molecule has 3 heterocycles. The summed E-state index contributed by atoms with van der Waals surface area (Å²) in [4.78, 5) is 21.5. The number of pyridine rings is 1. The topological polar surface area (TPSA) is 68.7 Å². The molecule has 33 heavy (non-hydrogen) atoms. The van der Waals surface area contributed by atoms with E-state index in [2.05, 4.69) is 39.5 Å². The second-order valence-corrected chi connectivity index (χ2v) is 8.89. The molecule has 3 atom stereocenters. The highest BCUT2D eigenvalue weighted by atomic mass is 16.3. The molecule has 3 aromatic rings. The molecule has 2 fully saturated rings. The number of hydrogen-bond acceptors (Lipinski definition) is 4. The van der Waals surface area contributed by atoms with Gasteiger partial charge in [-0.1, -0.05) is 42.5 Å². The fourth-order valence-electron chi connectivity index (χ4n) is 5.29. The Morgan fingerprint density at radius 3 is 2.36 bits per heavy atom. The Kier molecular flexibility index (Phi) is 6.37. The van der Waals surface area contributed by atoms with Crippen LogP contribution in [-0.2, 0) is 0 Å². The van der Waals surface area contributed by atoms with E-state index in [1.807, 2.05) is 47.4 Å². The molecule has 2 N–H and O–H groups in total. The minimum Gasteiger partial charge on any atom is -0.395 e. The number of nitrogens with zero attached hydrogens (tertiary/aromatic N) is 3. The van der Waals surface area contributed by atoms with Crippen LogP contribution in [0.4, 0.5) is 10.5 Å². The van der Waals surface area contributed by atoms with Crippen molar-refractivity contribution in [2.24, 2.45) is 0 Å². The fraction of sp³-hybridized carbons (Fsp3) is 0.333. The van der Waals surface area contributed by atoms with E-state index in [1.54, 1.807) is 12.4 Å². The maximum Gasteiger partial charge on any atom is 0.321 e. The molecule has 5 rings (SSSR count). The zero-order valence-corrected chi connectivity index (χ0v) is 18.7. The van der Waals surface area contributed by atoms with Crippen molar-refractivity contribution in [1.29, 1.82) is 0 Å². The molecule has 0 spiro atoms. The number of amides is 2. The standard InChI is InChI=1S/C27H30N4O2/c32-19-25-26(22-10-8-20(9-11-22)21-12-14-28-15-13-21)24-18-30(16-4-5-17-31(24)25)27(33)29-23-6-2-1-3-7-23/h1-3,6-15,24-26,32H,4-5,16-19H2,(H,29,33)/t24-,25-,26-/m0/s1. The lowest BCUT2D eigenvalue weighted by Gasteiger charge is -2.57. The lowest BCUT2D eigenvalue weighted by molar-refractivity contribution is -0.0585. The van der Waals surface area contributed by atoms with E-state index in [-0.39, 0.29) is 30.6 Å². The Bertz CT molecular complexity index is 1060. The monoisotopic (exact) mass is 442 g/mol. The molecule has 2 aromatic carbocycles. The Morgan fingerprint density at radius 2 is 1.64 bits per heavy atom. The summed E-state index contributed by atoms with van der Waals surface area (Å²) in [5.74, 6) is 0.201. The van der Waals surface area contributed by atoms with Crippen LogP contribution < -0.4 is 5.32 Å². The number of nitrogens with one attached hydrogen (secondary N) is 1. The van der Waals surface area contributed by atoms with Gasteiger partial charge >= 0.3 is 6.03 Å². The van der Waals surface area contributed by atoms with Gasteiger partial charge in [-0.25, -0.2) is 4.79 Å². The molecule has 0 aliphatic carbocycles. The number of fused-ring (bicyclic) bond motifs is 1. The Morgan fingerprint density at radius 1 is 0.939 bits per heavy atom. The first-order valence-corrected chi connectivity index (χ1v) is 11.7. The molecule has 0 bridgehead atoms. The first-order chi connectivity index (χ1) is 16.2. The van der Waals surface area contributed by atoms with Crippen molar-refractivity contribution in [3.63, 3.8) is 0 Å². The molecule has 1 aromatic heterocycles. The van der Waals surface area contributed by atoms with Gasteiger partial charge in [0.1, 0.15) is 0 Å². The number of carbonyl (C=O) groups excluding carboxylic acids is 1. The smallest absolute Gasteiger partial charge is 0.321 e. The van der Waals surface area contributed by atoms with E-state index in [0.29, 0.717) is 6.54 Å². The third-order valence-corrected chi connectivity index (χ3v) is 6.99. The minimum absolute atomic E-state index is 0.0534. The minimum atomic E-state index is -0.0534. The summed E-state index contributed by atoms with van der Waals surface area (Å²) in [6.45, 7) is 2.51. The first-order valence-electron chi connectivity index (χ1n) is 11.7. The summed E-state index contributed by atoms with van der Waals surface area (Å²) in [6.07, 6.45) is 5.60. The number of benzene rings is 2. The fourth-order valence-corrected chi connectivity index (χ4v) is 5.29. The maximum absolute atomic E-state index is 13.0. The van der Waals surface area contributed by atoms with E-state index in [9.17, 15) is 9.90 Å². The summed E-state index contributed by atoms with van der Waals surface area (Å²) in [7, 11) is 0. The van der Waals surface area contributed by atoms with Crippen LogP contribution in [-0.4, -0.2) is 64.2 Å². The molecule has 2 aliphatic rings. The van der Waals surface area contributed by atoms with Gasteiger partial charge in [0.25, 0.3) is 0 Å². The Labute approximate surface area is 194 Å². The molecular weight excluding hydrogens is 412 g/mol. The predicted molar refractivity (Wildman–Crippen MR) is 130 cm³/mol. The number of anilines is 1. The van der Waals surface area contributed by atoms with Crippen molar-refractivity contribution < 1.29 is 9.90 Å². The number of para-hydroxylation sites is 1. The van der Waals surface area contributed by atoms with E-state index in [4.69, 9.17) is 0 Å². The van der Waals surface area contributed by atoms with E-state index < -0.39 is 0 Å². The second kappa shape index (κ2) is 9.73. The molecular formula is C27H30N4O2. The third kappa shape index (κ3) is 4.49. The Balaban J connectivity index is 1.35. The highest BCUT2D eigenvalue weighted by molar-refractivity contribution is 5.89. The van der Waals surface area contributed by atoms with Crippen molar-refractivity contribution >= 4 is 11.7 Å². The molecule has 0 saturated carbocycles. The highest BCUT2D eigenvalue weighted by Crippen LogP contribution is 2.42. The highest BCUT2D eigenvalue weighted by Gasteiger charge is 2.49. The van der Waals surface area contributed by atoms with Crippen LogP contribution in [0.1, 0.15) is 24.3 Å². The molecule has 2 amide bonds. The number of aliphatic hydroxyl groups excluding tert-OH is 1.